The number of nitro groups is 1. The monoisotopic (exact) mass is 424 g/mol. The first kappa shape index (κ1) is 21.5. The molecule has 1 aromatic heterocycles. The van der Waals surface area contributed by atoms with E-state index < -0.39 is 16.4 Å². The van der Waals surface area contributed by atoms with Crippen molar-refractivity contribution >= 4 is 17.3 Å². The molecular formula is C21H20N4O6. The van der Waals surface area contributed by atoms with Crippen molar-refractivity contribution in [2.24, 2.45) is 0 Å². The SMILES string of the molecule is CCOc1ccc(-c2ccc(=O)n(CC(=O)Nc3ccc([N+](=O)[O-])cc3OC)n2)cc1. The number of non-ortho nitro benzene ring substituents is 1. The second-order valence-corrected chi connectivity index (χ2v) is 6.36. The van der Waals surface area contributed by atoms with Gasteiger partial charge in [-0.1, -0.05) is 0 Å². The lowest BCUT2D eigenvalue weighted by molar-refractivity contribution is -0.384. The summed E-state index contributed by atoms with van der Waals surface area (Å²) in [5.74, 6) is 0.313. The quantitative estimate of drug-likeness (QED) is 0.435. The first-order chi connectivity index (χ1) is 14.9. The lowest BCUT2D eigenvalue weighted by atomic mass is 10.1. The predicted molar refractivity (Wildman–Crippen MR) is 113 cm³/mol. The minimum Gasteiger partial charge on any atom is -0.494 e. The molecule has 0 saturated carbocycles. The van der Waals surface area contributed by atoms with Gasteiger partial charge >= 0.3 is 0 Å². The Morgan fingerprint density at radius 3 is 2.55 bits per heavy atom. The molecular weight excluding hydrogens is 404 g/mol. The lowest BCUT2D eigenvalue weighted by Gasteiger charge is -2.11. The number of amides is 1. The van der Waals surface area contributed by atoms with Crippen LogP contribution in [0.25, 0.3) is 11.3 Å². The molecule has 0 saturated heterocycles. The lowest BCUT2D eigenvalue weighted by Crippen LogP contribution is -2.29. The van der Waals surface area contributed by atoms with Crippen molar-refractivity contribution < 1.29 is 19.2 Å². The molecule has 1 N–H and O–H groups in total. The van der Waals surface area contributed by atoms with Crippen LogP contribution in [-0.4, -0.2) is 34.3 Å². The van der Waals surface area contributed by atoms with Gasteiger partial charge in [-0.05, 0) is 43.3 Å². The van der Waals surface area contributed by atoms with Gasteiger partial charge in [-0.25, -0.2) is 4.68 Å². The number of nitro benzene ring substituents is 1. The van der Waals surface area contributed by atoms with E-state index in [-0.39, 0.29) is 23.7 Å². The molecule has 0 aliphatic heterocycles. The van der Waals surface area contributed by atoms with E-state index in [2.05, 4.69) is 10.4 Å². The van der Waals surface area contributed by atoms with E-state index >= 15 is 0 Å². The maximum Gasteiger partial charge on any atom is 0.273 e. The molecule has 31 heavy (non-hydrogen) atoms. The fraction of sp³-hybridized carbons (Fsp3) is 0.190. The van der Waals surface area contributed by atoms with Crippen molar-refractivity contribution in [1.82, 2.24) is 9.78 Å². The number of hydrogen-bond acceptors (Lipinski definition) is 7. The molecule has 2 aromatic carbocycles. The van der Waals surface area contributed by atoms with E-state index in [4.69, 9.17) is 9.47 Å². The molecule has 1 heterocycles. The van der Waals surface area contributed by atoms with Crippen molar-refractivity contribution in [1.29, 1.82) is 0 Å². The molecule has 0 bridgehead atoms. The first-order valence-electron chi connectivity index (χ1n) is 9.35. The minimum absolute atomic E-state index is 0.131. The fourth-order valence-electron chi connectivity index (χ4n) is 2.83. The largest absolute Gasteiger partial charge is 0.494 e. The summed E-state index contributed by atoms with van der Waals surface area (Å²) in [6.07, 6.45) is 0. The zero-order valence-electron chi connectivity index (χ0n) is 16.9. The Balaban J connectivity index is 1.78. The van der Waals surface area contributed by atoms with Crippen molar-refractivity contribution in [3.63, 3.8) is 0 Å². The van der Waals surface area contributed by atoms with Gasteiger partial charge in [0.25, 0.3) is 11.2 Å². The number of rotatable bonds is 8. The van der Waals surface area contributed by atoms with Gasteiger partial charge in [-0.2, -0.15) is 5.10 Å². The summed E-state index contributed by atoms with van der Waals surface area (Å²) in [6, 6.07) is 13.9. The number of aromatic nitrogens is 2. The van der Waals surface area contributed by atoms with E-state index in [0.717, 1.165) is 16.0 Å². The van der Waals surface area contributed by atoms with Crippen LogP contribution in [0.3, 0.4) is 0 Å². The number of carbonyl (C=O) groups is 1. The molecule has 1 amide bonds. The van der Waals surface area contributed by atoms with Gasteiger partial charge in [0.05, 0.1) is 36.1 Å². The Labute approximate surface area is 177 Å². The standard InChI is InChI=1S/C21H20N4O6/c1-3-31-16-7-4-14(5-8-16)17-10-11-21(27)24(23-17)13-20(26)22-18-9-6-15(25(28)29)12-19(18)30-2/h4-12H,3,13H2,1-2H3,(H,22,26). The number of ether oxygens (including phenoxy) is 2. The van der Waals surface area contributed by atoms with Crippen molar-refractivity contribution in [2.75, 3.05) is 19.0 Å². The van der Waals surface area contributed by atoms with E-state index in [1.807, 2.05) is 19.1 Å². The predicted octanol–water partition coefficient (Wildman–Crippen LogP) is 2.86. The van der Waals surface area contributed by atoms with Gasteiger partial charge < -0.3 is 14.8 Å². The molecule has 0 aliphatic carbocycles. The highest BCUT2D eigenvalue weighted by atomic mass is 16.6. The Kier molecular flexibility index (Phi) is 6.61. The second-order valence-electron chi connectivity index (χ2n) is 6.36. The Morgan fingerprint density at radius 2 is 1.90 bits per heavy atom. The fourth-order valence-corrected chi connectivity index (χ4v) is 2.83. The van der Waals surface area contributed by atoms with Gasteiger partial charge in [-0.15, -0.1) is 0 Å². The number of hydrogen-bond donors (Lipinski definition) is 1. The van der Waals surface area contributed by atoms with Gasteiger partial charge in [0.15, 0.2) is 0 Å². The smallest absolute Gasteiger partial charge is 0.273 e. The van der Waals surface area contributed by atoms with Crippen LogP contribution in [0.2, 0.25) is 0 Å². The number of anilines is 1. The average molecular weight is 424 g/mol. The molecule has 0 atom stereocenters. The van der Waals surface area contributed by atoms with Gasteiger partial charge in [0.1, 0.15) is 18.0 Å². The summed E-state index contributed by atoms with van der Waals surface area (Å²) in [6.45, 7) is 2.10. The third-order valence-electron chi connectivity index (χ3n) is 4.29. The second kappa shape index (κ2) is 9.53. The number of nitrogens with one attached hydrogen (secondary N) is 1. The summed E-state index contributed by atoms with van der Waals surface area (Å²) >= 11 is 0. The first-order valence-corrected chi connectivity index (χ1v) is 9.35. The minimum atomic E-state index is -0.565. The van der Waals surface area contributed by atoms with E-state index in [1.54, 1.807) is 18.2 Å². The Bertz CT molecular complexity index is 1160. The number of carbonyl (C=O) groups excluding carboxylic acids is 1. The molecule has 0 unspecified atom stereocenters. The van der Waals surface area contributed by atoms with Crippen LogP contribution >= 0.6 is 0 Å². The number of benzene rings is 2. The summed E-state index contributed by atoms with van der Waals surface area (Å²) < 4.78 is 11.6. The molecule has 10 nitrogen and oxygen atoms in total. The van der Waals surface area contributed by atoms with Crippen molar-refractivity contribution in [3.05, 3.63) is 75.1 Å². The van der Waals surface area contributed by atoms with Gasteiger partial charge in [0, 0.05) is 17.7 Å². The van der Waals surface area contributed by atoms with E-state index in [9.17, 15) is 19.7 Å². The van der Waals surface area contributed by atoms with Gasteiger partial charge in [-0.3, -0.25) is 19.7 Å². The highest BCUT2D eigenvalue weighted by Gasteiger charge is 2.14. The summed E-state index contributed by atoms with van der Waals surface area (Å²) in [5.41, 5.74) is 0.906. The van der Waals surface area contributed by atoms with Gasteiger partial charge in [0.2, 0.25) is 5.91 Å². The highest BCUT2D eigenvalue weighted by molar-refractivity contribution is 5.92. The van der Waals surface area contributed by atoms with E-state index in [0.29, 0.717) is 12.3 Å². The van der Waals surface area contributed by atoms with Crippen LogP contribution in [0.5, 0.6) is 11.5 Å². The Hall–Kier alpha value is -4.21. The number of methoxy groups -OCH3 is 1. The topological polar surface area (TPSA) is 126 Å². The highest BCUT2D eigenvalue weighted by Crippen LogP contribution is 2.29. The third-order valence-corrected chi connectivity index (χ3v) is 4.29. The van der Waals surface area contributed by atoms with Crippen LogP contribution in [0, 0.1) is 10.1 Å². The molecule has 0 aliphatic rings. The van der Waals surface area contributed by atoms with Crippen molar-refractivity contribution in [2.45, 2.75) is 13.5 Å². The van der Waals surface area contributed by atoms with Crippen LogP contribution in [0.15, 0.2) is 59.4 Å². The zero-order chi connectivity index (χ0) is 22.4. The molecule has 3 rings (SSSR count). The molecule has 0 radical (unpaired) electrons. The molecule has 10 heteroatoms. The Morgan fingerprint density at radius 1 is 1.16 bits per heavy atom. The maximum absolute atomic E-state index is 12.5. The summed E-state index contributed by atoms with van der Waals surface area (Å²) in [4.78, 5) is 35.0. The van der Waals surface area contributed by atoms with Crippen molar-refractivity contribution in [3.8, 4) is 22.8 Å². The van der Waals surface area contributed by atoms with Crippen LogP contribution in [0.4, 0.5) is 11.4 Å². The van der Waals surface area contributed by atoms with Crippen LogP contribution in [0.1, 0.15) is 6.92 Å². The van der Waals surface area contributed by atoms with E-state index in [1.165, 1.54) is 31.4 Å². The zero-order valence-corrected chi connectivity index (χ0v) is 16.9. The van der Waals surface area contributed by atoms with Crippen LogP contribution < -0.4 is 20.3 Å². The number of nitrogens with zero attached hydrogens (tertiary/aromatic N) is 3. The molecule has 0 fully saturated rings. The molecule has 3 aromatic rings. The third kappa shape index (κ3) is 5.24. The average Bonchev–Trinajstić information content (AvgIpc) is 2.76. The molecule has 160 valence electrons. The van der Waals surface area contributed by atoms with Crippen LogP contribution in [-0.2, 0) is 11.3 Å². The summed E-state index contributed by atoms with van der Waals surface area (Å²) in [7, 11) is 1.33. The molecule has 0 spiro atoms. The maximum atomic E-state index is 12.5. The summed E-state index contributed by atoms with van der Waals surface area (Å²) in [5, 5.41) is 17.7. The normalized spacial score (nSPS) is 10.4.